The first-order valence-electron chi connectivity index (χ1n) is 16.7. The van der Waals surface area contributed by atoms with Gasteiger partial charge in [0.05, 0.1) is 25.4 Å². The number of rotatable bonds is 0. The van der Waals surface area contributed by atoms with Gasteiger partial charge in [0.25, 0.3) is 0 Å². The molecule has 0 aromatic rings. The summed E-state index contributed by atoms with van der Waals surface area (Å²) in [6.45, 7) is 25.6. The van der Waals surface area contributed by atoms with Crippen LogP contribution < -0.4 is 0 Å². The number of ether oxygens (including phenoxy) is 4. The van der Waals surface area contributed by atoms with Crippen molar-refractivity contribution in [3.8, 4) is 0 Å². The molecule has 3 heterocycles. The van der Waals surface area contributed by atoms with Gasteiger partial charge in [0.2, 0.25) is 0 Å². The Hall–Kier alpha value is -0.680. The lowest BCUT2D eigenvalue weighted by molar-refractivity contribution is -0.187. The van der Waals surface area contributed by atoms with Crippen LogP contribution in [0.15, 0.2) is 23.3 Å². The molecule has 3 fully saturated rings. The maximum atomic E-state index is 5.39. The van der Waals surface area contributed by atoms with Gasteiger partial charge in [-0.3, -0.25) is 0 Å². The summed E-state index contributed by atoms with van der Waals surface area (Å²) in [6.07, 6.45) is 19.1. The molecule has 4 heteroatoms. The lowest BCUT2D eigenvalue weighted by Crippen LogP contribution is -2.27. The Kier molecular flexibility index (Phi) is 20.5. The Bertz CT molecular complexity index is 557. The summed E-state index contributed by atoms with van der Waals surface area (Å²) < 4.78 is 21.1. The Morgan fingerprint density at radius 2 is 0.825 bits per heavy atom. The van der Waals surface area contributed by atoms with Gasteiger partial charge in [0.15, 0.2) is 6.29 Å². The van der Waals surface area contributed by atoms with E-state index in [1.54, 1.807) is 11.1 Å². The van der Waals surface area contributed by atoms with Crippen molar-refractivity contribution >= 4 is 0 Å². The molecule has 0 radical (unpaired) electrons. The smallest absolute Gasteiger partial charge is 0.154 e. The van der Waals surface area contributed by atoms with Crippen LogP contribution in [0.2, 0.25) is 0 Å². The summed E-state index contributed by atoms with van der Waals surface area (Å²) in [7, 11) is 0. The van der Waals surface area contributed by atoms with E-state index in [0.29, 0.717) is 18.1 Å². The quantitative estimate of drug-likeness (QED) is 0.274. The Morgan fingerprint density at radius 3 is 1.05 bits per heavy atom. The molecule has 236 valence electrons. The van der Waals surface area contributed by atoms with Gasteiger partial charge >= 0.3 is 0 Å². The van der Waals surface area contributed by atoms with Crippen molar-refractivity contribution in [2.45, 2.75) is 152 Å². The highest BCUT2D eigenvalue weighted by atomic mass is 16.7. The molecule has 0 amide bonds. The fourth-order valence-corrected chi connectivity index (χ4v) is 4.92. The third-order valence-corrected chi connectivity index (χ3v) is 8.49. The zero-order valence-corrected chi connectivity index (χ0v) is 28.3. The fraction of sp³-hybridized carbons (Fsp3) is 0.889. The zero-order chi connectivity index (χ0) is 29.9. The summed E-state index contributed by atoms with van der Waals surface area (Å²) in [5.41, 5.74) is 3.17. The Labute approximate surface area is 250 Å². The number of hydrogen-bond acceptors (Lipinski definition) is 4. The molecule has 4 unspecified atom stereocenters. The van der Waals surface area contributed by atoms with E-state index in [1.807, 2.05) is 6.92 Å². The fourth-order valence-electron chi connectivity index (χ4n) is 4.92. The average Bonchev–Trinajstić information content (AvgIpc) is 2.94. The summed E-state index contributed by atoms with van der Waals surface area (Å²) in [4.78, 5) is 0. The maximum absolute atomic E-state index is 5.39. The lowest BCUT2D eigenvalue weighted by Gasteiger charge is -2.24. The predicted octanol–water partition coefficient (Wildman–Crippen LogP) is 10.2. The Morgan fingerprint density at radius 1 is 0.450 bits per heavy atom. The highest BCUT2D eigenvalue weighted by molar-refractivity contribution is 5.02. The molecule has 5 aliphatic rings. The highest BCUT2D eigenvalue weighted by Gasteiger charge is 2.15. The normalized spacial score (nSPS) is 35.8. The summed E-state index contributed by atoms with van der Waals surface area (Å²) in [5.74, 6) is 4.06. The number of hydrogen-bond donors (Lipinski definition) is 0. The second-order valence-corrected chi connectivity index (χ2v) is 13.9. The first-order valence-corrected chi connectivity index (χ1v) is 16.7. The van der Waals surface area contributed by atoms with Crippen LogP contribution in [0.1, 0.15) is 133 Å². The summed E-state index contributed by atoms with van der Waals surface area (Å²) in [5, 5.41) is 0. The molecule has 3 saturated heterocycles. The van der Waals surface area contributed by atoms with Crippen molar-refractivity contribution < 1.29 is 18.9 Å². The molecule has 2 aliphatic carbocycles. The maximum Gasteiger partial charge on any atom is 0.154 e. The molecule has 0 aromatic carbocycles. The molecule has 5 rings (SSSR count). The molecular weight excluding hydrogens is 496 g/mol. The minimum Gasteiger partial charge on any atom is -0.378 e. The van der Waals surface area contributed by atoms with Gasteiger partial charge in [-0.1, -0.05) is 57.9 Å². The largest absolute Gasteiger partial charge is 0.378 e. The van der Waals surface area contributed by atoms with E-state index in [9.17, 15) is 0 Å². The van der Waals surface area contributed by atoms with E-state index in [-0.39, 0.29) is 6.29 Å². The highest BCUT2D eigenvalue weighted by Crippen LogP contribution is 2.22. The molecule has 3 aliphatic heterocycles. The van der Waals surface area contributed by atoms with Crippen molar-refractivity contribution in [3.63, 3.8) is 0 Å². The topological polar surface area (TPSA) is 36.9 Å². The van der Waals surface area contributed by atoms with Crippen molar-refractivity contribution in [1.82, 2.24) is 0 Å². The number of allylic oxidation sites excluding steroid dienone is 4. The van der Waals surface area contributed by atoms with Crippen LogP contribution in [0.25, 0.3) is 0 Å². The zero-order valence-electron chi connectivity index (χ0n) is 28.3. The third-order valence-electron chi connectivity index (χ3n) is 8.49. The van der Waals surface area contributed by atoms with E-state index in [0.717, 1.165) is 50.1 Å². The molecule has 0 bridgehead atoms. The molecule has 0 aromatic heterocycles. The van der Waals surface area contributed by atoms with Crippen molar-refractivity contribution in [2.75, 3.05) is 26.4 Å². The van der Waals surface area contributed by atoms with Gasteiger partial charge < -0.3 is 18.9 Å². The lowest BCUT2D eigenvalue weighted by atomic mass is 9.92. The summed E-state index contributed by atoms with van der Waals surface area (Å²) >= 11 is 0. The standard InChI is InChI=1S/2C8H14.2C7H14O.C6H12O2/c2*1-7-3-5-8(2)6-4-7;2*1-6-3-4-7(2)8-5-6;1-5-3-7-6(2)8-4-5/h2*3,8H,4-6H2,1-2H3;2*6-7H,3-5H2,1-2H3;5-6H,3-4H2,1-2H3/t;;6?,7-;6-,7?;/m..11./s1. The van der Waals surface area contributed by atoms with Crippen molar-refractivity contribution in [2.24, 2.45) is 29.6 Å². The second-order valence-electron chi connectivity index (χ2n) is 13.9. The van der Waals surface area contributed by atoms with E-state index in [2.05, 4.69) is 74.5 Å². The molecule has 0 saturated carbocycles. The van der Waals surface area contributed by atoms with Crippen molar-refractivity contribution in [1.29, 1.82) is 0 Å². The van der Waals surface area contributed by atoms with Gasteiger partial charge in [0, 0.05) is 19.1 Å². The van der Waals surface area contributed by atoms with Gasteiger partial charge in [-0.25, -0.2) is 0 Å². The second kappa shape index (κ2) is 21.9. The van der Waals surface area contributed by atoms with Crippen LogP contribution in [-0.4, -0.2) is 44.9 Å². The SMILES string of the molecule is CC1=CCC(C)CC1.CC1=CCC(C)CC1.CC1CC[C@@H](C)CO1.CC1CC[C@@H](C)OC1.CC1COC(C)OC1. The van der Waals surface area contributed by atoms with E-state index >= 15 is 0 Å². The summed E-state index contributed by atoms with van der Waals surface area (Å²) in [6, 6.07) is 0. The van der Waals surface area contributed by atoms with Gasteiger partial charge in [-0.15, -0.1) is 0 Å². The van der Waals surface area contributed by atoms with E-state index in [1.165, 1.54) is 64.2 Å². The average molecular weight is 565 g/mol. The first kappa shape index (κ1) is 37.3. The van der Waals surface area contributed by atoms with Gasteiger partial charge in [-0.2, -0.15) is 0 Å². The van der Waals surface area contributed by atoms with Crippen LogP contribution >= 0.6 is 0 Å². The Balaban J connectivity index is 0.000000250. The molecule has 0 spiro atoms. The molecule has 4 nitrogen and oxygen atoms in total. The van der Waals surface area contributed by atoms with E-state index in [4.69, 9.17) is 18.9 Å². The van der Waals surface area contributed by atoms with Crippen molar-refractivity contribution in [3.05, 3.63) is 23.3 Å². The van der Waals surface area contributed by atoms with Crippen LogP contribution in [0, 0.1) is 29.6 Å². The van der Waals surface area contributed by atoms with Gasteiger partial charge in [-0.05, 0) is 122 Å². The minimum absolute atomic E-state index is 0.0196. The van der Waals surface area contributed by atoms with Crippen LogP contribution in [-0.2, 0) is 18.9 Å². The first-order chi connectivity index (χ1) is 18.9. The van der Waals surface area contributed by atoms with Crippen LogP contribution in [0.5, 0.6) is 0 Å². The molecule has 6 atom stereocenters. The molecule has 0 N–H and O–H groups in total. The van der Waals surface area contributed by atoms with Crippen LogP contribution in [0.4, 0.5) is 0 Å². The monoisotopic (exact) mass is 565 g/mol. The third kappa shape index (κ3) is 20.2. The van der Waals surface area contributed by atoms with Crippen LogP contribution in [0.3, 0.4) is 0 Å². The van der Waals surface area contributed by atoms with Gasteiger partial charge in [0.1, 0.15) is 0 Å². The minimum atomic E-state index is 0.0196. The molecule has 40 heavy (non-hydrogen) atoms. The van der Waals surface area contributed by atoms with E-state index < -0.39 is 0 Å². The predicted molar refractivity (Wildman–Crippen MR) is 172 cm³/mol. The molecular formula is C36H68O4.